The van der Waals surface area contributed by atoms with E-state index in [1.807, 2.05) is 27.7 Å². The van der Waals surface area contributed by atoms with Crippen molar-refractivity contribution in [1.29, 1.82) is 0 Å². The Bertz CT molecular complexity index is 1210. The molecule has 9 heteroatoms. The molecule has 1 aliphatic heterocycles. The molecule has 1 aromatic heterocycles. The zero-order chi connectivity index (χ0) is 24.1. The first kappa shape index (κ1) is 23.7. The van der Waals surface area contributed by atoms with Gasteiger partial charge >= 0.3 is 5.97 Å². The van der Waals surface area contributed by atoms with Crippen LogP contribution in [0.2, 0.25) is 0 Å². The highest BCUT2D eigenvalue weighted by atomic mass is 32.2. The number of ketones is 1. The van der Waals surface area contributed by atoms with E-state index in [0.717, 1.165) is 39.7 Å². The highest BCUT2D eigenvalue weighted by Gasteiger charge is 2.44. The Balaban J connectivity index is 1.48. The first-order chi connectivity index (χ1) is 15.5. The number of rotatable bonds is 7. The minimum atomic E-state index is -4.02. The quantitative estimate of drug-likeness (QED) is 0.488. The SMILES string of the molecule is Cc1ccc(S(=O)(=O)N2CC(O)C[C@H]2C(=O)OCC(=O)c2cc(C)n(C3CC3)c2C)cc1C. The van der Waals surface area contributed by atoms with Crippen LogP contribution in [0.1, 0.15) is 58.2 Å². The number of hydrogen-bond acceptors (Lipinski definition) is 6. The number of aromatic nitrogens is 1. The van der Waals surface area contributed by atoms with Crippen LogP contribution in [0.3, 0.4) is 0 Å². The fourth-order valence-electron chi connectivity index (χ4n) is 4.54. The normalized spacial score (nSPS) is 21.4. The van der Waals surface area contributed by atoms with Gasteiger partial charge in [-0.05, 0) is 69.9 Å². The summed E-state index contributed by atoms with van der Waals surface area (Å²) in [6.07, 6.45) is 1.12. The number of carbonyl (C=O) groups excluding carboxylic acids is 2. The second-order valence-electron chi connectivity index (χ2n) is 9.14. The largest absolute Gasteiger partial charge is 0.456 e. The molecule has 178 valence electrons. The summed E-state index contributed by atoms with van der Waals surface area (Å²) >= 11 is 0. The number of aliphatic hydroxyl groups is 1. The number of aryl methyl sites for hydroxylation is 3. The molecule has 0 bridgehead atoms. The minimum absolute atomic E-state index is 0.0566. The third-order valence-electron chi connectivity index (χ3n) is 6.63. The topological polar surface area (TPSA) is 106 Å². The molecule has 8 nitrogen and oxygen atoms in total. The third-order valence-corrected chi connectivity index (χ3v) is 8.50. The molecule has 1 aromatic carbocycles. The van der Waals surface area contributed by atoms with E-state index >= 15 is 0 Å². The number of benzene rings is 1. The summed E-state index contributed by atoms with van der Waals surface area (Å²) in [7, 11) is -4.02. The Morgan fingerprint density at radius 1 is 1.09 bits per heavy atom. The van der Waals surface area contributed by atoms with Gasteiger partial charge in [0.25, 0.3) is 0 Å². The van der Waals surface area contributed by atoms with Gasteiger partial charge in [-0.2, -0.15) is 4.31 Å². The van der Waals surface area contributed by atoms with Crippen molar-refractivity contribution in [2.24, 2.45) is 0 Å². The lowest BCUT2D eigenvalue weighted by molar-refractivity contribution is -0.146. The molecule has 1 saturated heterocycles. The summed E-state index contributed by atoms with van der Waals surface area (Å²) < 4.78 is 34.8. The second kappa shape index (κ2) is 8.70. The van der Waals surface area contributed by atoms with Gasteiger partial charge in [-0.3, -0.25) is 9.59 Å². The van der Waals surface area contributed by atoms with E-state index in [2.05, 4.69) is 4.57 Å². The Morgan fingerprint density at radius 3 is 2.42 bits per heavy atom. The van der Waals surface area contributed by atoms with E-state index < -0.39 is 34.7 Å². The van der Waals surface area contributed by atoms with Crippen molar-refractivity contribution in [2.45, 2.75) is 70.0 Å². The van der Waals surface area contributed by atoms with Crippen LogP contribution >= 0.6 is 0 Å². The number of ether oxygens (including phenoxy) is 1. The molecule has 1 unspecified atom stereocenters. The van der Waals surface area contributed by atoms with Gasteiger partial charge in [0.15, 0.2) is 6.61 Å². The number of sulfonamides is 1. The average Bonchev–Trinajstić information content (AvgIpc) is 3.43. The maximum absolute atomic E-state index is 13.2. The fraction of sp³-hybridized carbons (Fsp3) is 0.500. The third kappa shape index (κ3) is 4.49. The molecular weight excluding hydrogens is 444 g/mol. The predicted octanol–water partition coefficient (Wildman–Crippen LogP) is 2.61. The van der Waals surface area contributed by atoms with E-state index in [1.165, 1.54) is 6.07 Å². The molecule has 33 heavy (non-hydrogen) atoms. The molecule has 1 aliphatic carbocycles. The van der Waals surface area contributed by atoms with E-state index in [4.69, 9.17) is 4.74 Å². The van der Waals surface area contributed by atoms with E-state index in [0.29, 0.717) is 11.6 Å². The summed E-state index contributed by atoms with van der Waals surface area (Å²) in [5.41, 5.74) is 4.12. The van der Waals surface area contributed by atoms with Crippen molar-refractivity contribution in [3.8, 4) is 0 Å². The van der Waals surface area contributed by atoms with Crippen molar-refractivity contribution in [1.82, 2.24) is 8.87 Å². The van der Waals surface area contributed by atoms with Gasteiger partial charge in [0.2, 0.25) is 15.8 Å². The molecule has 2 heterocycles. The van der Waals surface area contributed by atoms with Crippen LogP contribution in [0.25, 0.3) is 0 Å². The Kier molecular flexibility index (Phi) is 6.24. The summed E-state index contributed by atoms with van der Waals surface area (Å²) in [6.45, 7) is 6.84. The number of carbonyl (C=O) groups is 2. The van der Waals surface area contributed by atoms with Crippen molar-refractivity contribution in [3.63, 3.8) is 0 Å². The smallest absolute Gasteiger partial charge is 0.325 e. The fourth-order valence-corrected chi connectivity index (χ4v) is 6.25. The second-order valence-corrected chi connectivity index (χ2v) is 11.0. The summed E-state index contributed by atoms with van der Waals surface area (Å²) in [6, 6.07) is 5.80. The van der Waals surface area contributed by atoms with Gasteiger partial charge in [-0.25, -0.2) is 8.42 Å². The monoisotopic (exact) mass is 474 g/mol. The van der Waals surface area contributed by atoms with Crippen LogP contribution in [0, 0.1) is 27.7 Å². The molecule has 0 radical (unpaired) electrons. The van der Waals surface area contributed by atoms with Gasteiger partial charge in [0, 0.05) is 36.0 Å². The van der Waals surface area contributed by atoms with Crippen LogP contribution in [0.15, 0.2) is 29.2 Å². The number of β-amino-alcohol motifs (C(OH)–C–C–N with tert-alkyl or cyclic N) is 1. The predicted molar refractivity (Wildman–Crippen MR) is 122 cm³/mol. The molecule has 1 N–H and O–H groups in total. The zero-order valence-corrected chi connectivity index (χ0v) is 20.2. The molecule has 0 amide bonds. The van der Waals surface area contributed by atoms with Crippen molar-refractivity contribution >= 4 is 21.8 Å². The Labute approximate surface area is 194 Å². The molecule has 2 fully saturated rings. The maximum atomic E-state index is 13.2. The lowest BCUT2D eigenvalue weighted by Gasteiger charge is -2.22. The van der Waals surface area contributed by atoms with Crippen molar-refractivity contribution in [3.05, 3.63) is 52.3 Å². The number of nitrogens with zero attached hydrogens (tertiary/aromatic N) is 2. The van der Waals surface area contributed by atoms with Gasteiger partial charge < -0.3 is 14.4 Å². The molecule has 1 saturated carbocycles. The maximum Gasteiger partial charge on any atom is 0.325 e. The van der Waals surface area contributed by atoms with Crippen LogP contribution in [0.5, 0.6) is 0 Å². The summed E-state index contributed by atoms with van der Waals surface area (Å²) in [4.78, 5) is 25.6. The van der Waals surface area contributed by atoms with Gasteiger partial charge in [-0.15, -0.1) is 0 Å². The molecular formula is C24H30N2O6S. The lowest BCUT2D eigenvalue weighted by atomic mass is 10.1. The van der Waals surface area contributed by atoms with Gasteiger partial charge in [0.05, 0.1) is 11.0 Å². The van der Waals surface area contributed by atoms with E-state index in [9.17, 15) is 23.1 Å². The first-order valence-electron chi connectivity index (χ1n) is 11.2. The van der Waals surface area contributed by atoms with Crippen molar-refractivity contribution in [2.75, 3.05) is 13.2 Å². The highest BCUT2D eigenvalue weighted by Crippen LogP contribution is 2.38. The summed E-state index contributed by atoms with van der Waals surface area (Å²) in [5, 5.41) is 10.1. The van der Waals surface area contributed by atoms with Crippen LogP contribution < -0.4 is 0 Å². The lowest BCUT2D eigenvalue weighted by Crippen LogP contribution is -2.42. The Hall–Kier alpha value is -2.49. The standard InChI is InChI=1S/C24H30N2O6S/c1-14-5-8-20(9-15(14)2)33(30,31)25-12-19(27)11-22(25)24(29)32-13-23(28)21-10-16(3)26(17(21)4)18-6-7-18/h5,8-10,18-19,22,27H,6-7,11-13H2,1-4H3/t19?,22-/m0/s1. The number of aliphatic hydroxyl groups excluding tert-OH is 1. The molecule has 2 atom stereocenters. The van der Waals surface area contributed by atoms with Crippen LogP contribution in [-0.4, -0.2) is 59.4 Å². The molecule has 2 aliphatic rings. The number of esters is 1. The first-order valence-corrected chi connectivity index (χ1v) is 12.6. The highest BCUT2D eigenvalue weighted by molar-refractivity contribution is 7.89. The summed E-state index contributed by atoms with van der Waals surface area (Å²) in [5.74, 6) is -1.16. The molecule has 4 rings (SSSR count). The van der Waals surface area contributed by atoms with Crippen molar-refractivity contribution < 1.29 is 27.9 Å². The molecule has 0 spiro atoms. The van der Waals surface area contributed by atoms with E-state index in [1.54, 1.807) is 18.2 Å². The number of Topliss-reactive ketones (excluding diaryl/α,β-unsaturated/α-hetero) is 1. The average molecular weight is 475 g/mol. The Morgan fingerprint density at radius 2 is 1.79 bits per heavy atom. The zero-order valence-electron chi connectivity index (χ0n) is 19.4. The van der Waals surface area contributed by atoms with Gasteiger partial charge in [0.1, 0.15) is 6.04 Å². The van der Waals surface area contributed by atoms with Gasteiger partial charge in [-0.1, -0.05) is 6.07 Å². The number of hydrogen-bond donors (Lipinski definition) is 1. The molecule has 2 aromatic rings. The van der Waals surface area contributed by atoms with Crippen LogP contribution in [-0.2, 0) is 19.6 Å². The van der Waals surface area contributed by atoms with Crippen LogP contribution in [0.4, 0.5) is 0 Å². The van der Waals surface area contributed by atoms with E-state index in [-0.39, 0.29) is 23.6 Å². The minimum Gasteiger partial charge on any atom is -0.456 e.